The number of halogens is 1. The van der Waals surface area contributed by atoms with Gasteiger partial charge in [0.25, 0.3) is 0 Å². The Hall–Kier alpha value is -1.55. The van der Waals surface area contributed by atoms with E-state index >= 15 is 0 Å². The second-order valence-electron chi connectivity index (χ2n) is 8.02. The summed E-state index contributed by atoms with van der Waals surface area (Å²) < 4.78 is 5.41. The Bertz CT molecular complexity index is 711. The number of likely N-dealkylation sites (tertiary alicyclic amines) is 1. The number of guanidine groups is 1. The van der Waals surface area contributed by atoms with Gasteiger partial charge in [-0.05, 0) is 63.3 Å². The Morgan fingerprint density at radius 1 is 1.32 bits per heavy atom. The molecule has 1 saturated heterocycles. The van der Waals surface area contributed by atoms with E-state index in [-0.39, 0.29) is 35.9 Å². The van der Waals surface area contributed by atoms with E-state index < -0.39 is 0 Å². The van der Waals surface area contributed by atoms with Gasteiger partial charge in [-0.15, -0.1) is 24.0 Å². The summed E-state index contributed by atoms with van der Waals surface area (Å²) in [6, 6.07) is 6.38. The number of nitrogens with one attached hydrogen (secondary N) is 2. The Kier molecular flexibility index (Phi) is 12.9. The number of nitrogens with zero attached hydrogens (tertiary/aromatic N) is 3. The van der Waals surface area contributed by atoms with Crippen molar-refractivity contribution in [2.75, 3.05) is 53.9 Å². The van der Waals surface area contributed by atoms with Gasteiger partial charge in [-0.1, -0.05) is 12.1 Å². The van der Waals surface area contributed by atoms with Gasteiger partial charge in [0.15, 0.2) is 5.96 Å². The number of ether oxygens (including phenoxy) is 1. The number of benzene rings is 1. The number of carbonyl (C=O) groups excluding carboxylic acids is 1. The first-order valence-electron chi connectivity index (χ1n) is 11.1. The third-order valence-electron chi connectivity index (χ3n) is 5.49. The molecule has 8 heteroatoms. The maximum absolute atomic E-state index is 12.3. The van der Waals surface area contributed by atoms with Crippen LogP contribution in [0, 0.1) is 6.92 Å². The molecule has 2 rings (SSSR count). The molecule has 1 aliphatic rings. The number of likely N-dealkylation sites (N-methyl/N-ethyl adjacent to an activating group) is 1. The maximum atomic E-state index is 12.3. The molecule has 2 N–H and O–H groups in total. The van der Waals surface area contributed by atoms with Crippen molar-refractivity contribution in [3.63, 3.8) is 0 Å². The molecule has 1 aliphatic heterocycles. The lowest BCUT2D eigenvalue weighted by atomic mass is 10.1. The average Bonchev–Trinajstić information content (AvgIpc) is 3.20. The van der Waals surface area contributed by atoms with Crippen LogP contribution < -0.4 is 15.4 Å². The second kappa shape index (κ2) is 14.5. The fourth-order valence-corrected chi connectivity index (χ4v) is 3.82. The highest BCUT2D eigenvalue weighted by molar-refractivity contribution is 14.0. The van der Waals surface area contributed by atoms with Crippen molar-refractivity contribution in [3.05, 3.63) is 29.3 Å². The van der Waals surface area contributed by atoms with Gasteiger partial charge in [0, 0.05) is 40.3 Å². The van der Waals surface area contributed by atoms with Gasteiger partial charge >= 0.3 is 0 Å². The first kappa shape index (κ1) is 27.5. The molecular formula is C23H40IN5O2. The van der Waals surface area contributed by atoms with Gasteiger partial charge < -0.3 is 20.3 Å². The molecule has 0 aliphatic carbocycles. The molecule has 7 nitrogen and oxygen atoms in total. The van der Waals surface area contributed by atoms with Crippen molar-refractivity contribution >= 4 is 35.8 Å². The van der Waals surface area contributed by atoms with Gasteiger partial charge in [0.1, 0.15) is 5.75 Å². The monoisotopic (exact) mass is 545 g/mol. The molecule has 1 atom stereocenters. The van der Waals surface area contributed by atoms with Crippen molar-refractivity contribution in [2.24, 2.45) is 4.99 Å². The molecule has 1 unspecified atom stereocenters. The van der Waals surface area contributed by atoms with Crippen LogP contribution >= 0.6 is 24.0 Å². The molecule has 1 heterocycles. The maximum Gasteiger partial charge on any atom is 0.239 e. The van der Waals surface area contributed by atoms with Crippen LogP contribution in [0.25, 0.3) is 0 Å². The number of hydrogen-bond acceptors (Lipinski definition) is 4. The van der Waals surface area contributed by atoms with E-state index in [9.17, 15) is 4.79 Å². The summed E-state index contributed by atoms with van der Waals surface area (Å²) in [5, 5.41) is 6.73. The molecule has 1 aromatic carbocycles. The predicted octanol–water partition coefficient (Wildman–Crippen LogP) is 2.66. The topological polar surface area (TPSA) is 69.2 Å². The molecule has 0 bridgehead atoms. The number of amides is 1. The predicted molar refractivity (Wildman–Crippen MR) is 139 cm³/mol. The molecule has 0 aromatic heterocycles. The summed E-state index contributed by atoms with van der Waals surface area (Å²) >= 11 is 0. The summed E-state index contributed by atoms with van der Waals surface area (Å²) in [7, 11) is 5.38. The molecule has 0 saturated carbocycles. The first-order valence-corrected chi connectivity index (χ1v) is 11.1. The Morgan fingerprint density at radius 3 is 2.77 bits per heavy atom. The fraction of sp³-hybridized carbons (Fsp3) is 0.652. The summed E-state index contributed by atoms with van der Waals surface area (Å²) in [5.74, 6) is 2.00. The largest absolute Gasteiger partial charge is 0.496 e. The standard InChI is InChI=1S/C23H39N5O2.HI/c1-6-24-23(26-14-12-19-11-10-18(2)21(17-19)30-5)25-13-8-16-28-15-7-9-20(28)22(29)27(3)4;/h10-11,17,20H,6-9,12-16H2,1-5H3,(H2,24,25,26);1H. The van der Waals surface area contributed by atoms with Crippen LogP contribution in [-0.4, -0.2) is 81.6 Å². The van der Waals surface area contributed by atoms with Crippen LogP contribution in [-0.2, 0) is 11.2 Å². The third-order valence-corrected chi connectivity index (χ3v) is 5.49. The highest BCUT2D eigenvalue weighted by atomic mass is 127. The van der Waals surface area contributed by atoms with Crippen LogP contribution in [0.1, 0.15) is 37.3 Å². The van der Waals surface area contributed by atoms with Crippen molar-refractivity contribution in [3.8, 4) is 5.75 Å². The zero-order valence-corrected chi connectivity index (χ0v) is 22.1. The molecule has 31 heavy (non-hydrogen) atoms. The van der Waals surface area contributed by atoms with E-state index in [1.54, 1.807) is 12.0 Å². The minimum absolute atomic E-state index is 0. The van der Waals surface area contributed by atoms with Crippen LogP contribution in [0.3, 0.4) is 0 Å². The smallest absolute Gasteiger partial charge is 0.239 e. The van der Waals surface area contributed by atoms with Crippen LogP contribution in [0.4, 0.5) is 0 Å². The van der Waals surface area contributed by atoms with Gasteiger partial charge in [0.05, 0.1) is 13.2 Å². The molecule has 1 aromatic rings. The Balaban J connectivity index is 0.00000480. The number of methoxy groups -OCH3 is 1. The van der Waals surface area contributed by atoms with E-state index in [4.69, 9.17) is 9.73 Å². The lowest BCUT2D eigenvalue weighted by Crippen LogP contribution is -2.43. The lowest BCUT2D eigenvalue weighted by Gasteiger charge is -2.25. The fourth-order valence-electron chi connectivity index (χ4n) is 3.82. The molecule has 0 spiro atoms. The zero-order chi connectivity index (χ0) is 21.9. The van der Waals surface area contributed by atoms with E-state index in [0.717, 1.165) is 75.7 Å². The number of aliphatic imine (C=N–C) groups is 1. The van der Waals surface area contributed by atoms with E-state index in [1.807, 2.05) is 14.1 Å². The van der Waals surface area contributed by atoms with Crippen molar-refractivity contribution in [2.45, 2.75) is 45.6 Å². The van der Waals surface area contributed by atoms with Crippen molar-refractivity contribution in [1.29, 1.82) is 0 Å². The second-order valence-corrected chi connectivity index (χ2v) is 8.02. The van der Waals surface area contributed by atoms with Crippen LogP contribution in [0.15, 0.2) is 23.2 Å². The lowest BCUT2D eigenvalue weighted by molar-refractivity contribution is -0.133. The van der Waals surface area contributed by atoms with Crippen LogP contribution in [0.5, 0.6) is 5.75 Å². The quantitative estimate of drug-likeness (QED) is 0.205. The van der Waals surface area contributed by atoms with Gasteiger partial charge in [-0.2, -0.15) is 0 Å². The highest BCUT2D eigenvalue weighted by Crippen LogP contribution is 2.19. The number of carbonyl (C=O) groups is 1. The highest BCUT2D eigenvalue weighted by Gasteiger charge is 2.30. The molecular weight excluding hydrogens is 505 g/mol. The van der Waals surface area contributed by atoms with E-state index in [2.05, 4.69) is 47.6 Å². The first-order chi connectivity index (χ1) is 14.5. The Morgan fingerprint density at radius 2 is 2.10 bits per heavy atom. The SMILES string of the molecule is CCNC(=NCCCN1CCCC1C(=O)N(C)C)NCCc1ccc(C)c(OC)c1.I. The molecule has 0 radical (unpaired) electrons. The summed E-state index contributed by atoms with van der Waals surface area (Å²) in [6.07, 6.45) is 3.92. The van der Waals surface area contributed by atoms with Crippen LogP contribution in [0.2, 0.25) is 0 Å². The van der Waals surface area contributed by atoms with E-state index in [1.165, 1.54) is 5.56 Å². The molecule has 176 valence electrons. The summed E-state index contributed by atoms with van der Waals surface area (Å²) in [5.41, 5.74) is 2.39. The minimum atomic E-state index is 0. The zero-order valence-electron chi connectivity index (χ0n) is 19.7. The van der Waals surface area contributed by atoms with Crippen molar-refractivity contribution in [1.82, 2.24) is 20.4 Å². The average molecular weight is 546 g/mol. The number of aryl methyl sites for hydroxylation is 1. The van der Waals surface area contributed by atoms with Gasteiger partial charge in [-0.3, -0.25) is 14.7 Å². The minimum Gasteiger partial charge on any atom is -0.496 e. The van der Waals surface area contributed by atoms with Gasteiger partial charge in [-0.25, -0.2) is 0 Å². The number of hydrogen-bond donors (Lipinski definition) is 2. The third kappa shape index (κ3) is 8.84. The molecule has 1 amide bonds. The van der Waals surface area contributed by atoms with Gasteiger partial charge in [0.2, 0.25) is 5.91 Å². The summed E-state index contributed by atoms with van der Waals surface area (Å²) in [6.45, 7) is 8.43. The molecule has 1 fully saturated rings. The Labute approximate surface area is 205 Å². The van der Waals surface area contributed by atoms with E-state index in [0.29, 0.717) is 0 Å². The normalized spacial score (nSPS) is 16.5. The number of rotatable bonds is 10. The summed E-state index contributed by atoms with van der Waals surface area (Å²) in [4.78, 5) is 21.0. The van der Waals surface area contributed by atoms with Crippen molar-refractivity contribution < 1.29 is 9.53 Å².